The largest absolute Gasteiger partial charge is 0.366 e. The molecule has 3 aromatic heterocycles. The van der Waals surface area contributed by atoms with Crippen LogP contribution in [-0.2, 0) is 6.54 Å². The molecule has 6 heteroatoms. The van der Waals surface area contributed by atoms with Crippen molar-refractivity contribution in [3.63, 3.8) is 0 Å². The molecule has 0 aliphatic carbocycles. The van der Waals surface area contributed by atoms with E-state index in [2.05, 4.69) is 39.2 Å². The van der Waals surface area contributed by atoms with E-state index >= 15 is 0 Å². The van der Waals surface area contributed by atoms with Gasteiger partial charge in [-0.25, -0.2) is 19.6 Å². The second kappa shape index (κ2) is 6.34. The van der Waals surface area contributed by atoms with Crippen LogP contribution in [0.3, 0.4) is 0 Å². The first-order valence-corrected chi connectivity index (χ1v) is 7.25. The summed E-state index contributed by atoms with van der Waals surface area (Å²) in [6.45, 7) is 4.78. The summed E-state index contributed by atoms with van der Waals surface area (Å²) >= 11 is 0. The van der Waals surface area contributed by atoms with E-state index in [1.165, 1.54) is 0 Å². The van der Waals surface area contributed by atoms with E-state index in [9.17, 15) is 0 Å². The summed E-state index contributed by atoms with van der Waals surface area (Å²) in [4.78, 5) is 13.2. The van der Waals surface area contributed by atoms with Gasteiger partial charge in [-0.1, -0.05) is 19.9 Å². The van der Waals surface area contributed by atoms with E-state index in [1.807, 2.05) is 30.5 Å². The van der Waals surface area contributed by atoms with Gasteiger partial charge in [-0.3, -0.25) is 0 Å². The number of nitrogens with one attached hydrogen (secondary N) is 1. The third kappa shape index (κ3) is 3.11. The maximum atomic E-state index is 4.51. The zero-order valence-corrected chi connectivity index (χ0v) is 12.6. The van der Waals surface area contributed by atoms with Crippen molar-refractivity contribution in [2.24, 2.45) is 0 Å². The van der Waals surface area contributed by atoms with E-state index in [0.717, 1.165) is 23.0 Å². The van der Waals surface area contributed by atoms with Crippen LogP contribution in [0, 0.1) is 0 Å². The van der Waals surface area contributed by atoms with Gasteiger partial charge in [-0.15, -0.1) is 0 Å². The van der Waals surface area contributed by atoms with E-state index < -0.39 is 0 Å². The van der Waals surface area contributed by atoms with Crippen LogP contribution in [0.4, 0.5) is 5.82 Å². The van der Waals surface area contributed by atoms with Gasteiger partial charge in [0.1, 0.15) is 11.6 Å². The summed E-state index contributed by atoms with van der Waals surface area (Å²) in [5.74, 6) is 2.77. The van der Waals surface area contributed by atoms with Gasteiger partial charge >= 0.3 is 0 Å². The molecular weight excluding hydrogens is 276 g/mol. The van der Waals surface area contributed by atoms with E-state index in [0.29, 0.717) is 12.5 Å². The van der Waals surface area contributed by atoms with Crippen molar-refractivity contribution in [2.45, 2.75) is 26.3 Å². The normalized spacial score (nSPS) is 10.9. The van der Waals surface area contributed by atoms with Crippen LogP contribution < -0.4 is 5.32 Å². The Morgan fingerprint density at radius 2 is 2.00 bits per heavy atom. The molecule has 0 atom stereocenters. The predicted molar refractivity (Wildman–Crippen MR) is 84.8 cm³/mol. The Balaban J connectivity index is 1.79. The molecule has 3 aromatic rings. The molecule has 0 saturated carbocycles. The highest BCUT2D eigenvalue weighted by atomic mass is 15.3. The second-order valence-corrected chi connectivity index (χ2v) is 5.25. The van der Waals surface area contributed by atoms with Crippen molar-refractivity contribution in [3.8, 4) is 5.82 Å². The lowest BCUT2D eigenvalue weighted by molar-refractivity contribution is 0.773. The van der Waals surface area contributed by atoms with Crippen LogP contribution in [0.25, 0.3) is 5.82 Å². The SMILES string of the molecule is CC(C)c1nccc(NCc2cccnc2-n2cccn2)n1. The van der Waals surface area contributed by atoms with Crippen molar-refractivity contribution in [2.75, 3.05) is 5.32 Å². The maximum Gasteiger partial charge on any atom is 0.158 e. The number of aromatic nitrogens is 5. The van der Waals surface area contributed by atoms with Crippen molar-refractivity contribution >= 4 is 5.82 Å². The van der Waals surface area contributed by atoms with Gasteiger partial charge < -0.3 is 5.32 Å². The zero-order valence-electron chi connectivity index (χ0n) is 12.6. The molecule has 112 valence electrons. The van der Waals surface area contributed by atoms with Gasteiger partial charge in [-0.2, -0.15) is 5.10 Å². The fourth-order valence-electron chi connectivity index (χ4n) is 2.10. The Labute approximate surface area is 129 Å². The van der Waals surface area contributed by atoms with Gasteiger partial charge in [0.05, 0.1) is 0 Å². The van der Waals surface area contributed by atoms with E-state index in [4.69, 9.17) is 0 Å². The maximum absolute atomic E-state index is 4.51. The third-order valence-corrected chi connectivity index (χ3v) is 3.24. The topological polar surface area (TPSA) is 68.5 Å². The average Bonchev–Trinajstić information content (AvgIpc) is 3.08. The number of hydrogen-bond donors (Lipinski definition) is 1. The Hall–Kier alpha value is -2.76. The fourth-order valence-corrected chi connectivity index (χ4v) is 2.10. The van der Waals surface area contributed by atoms with E-state index in [1.54, 1.807) is 23.3 Å². The molecule has 0 radical (unpaired) electrons. The molecule has 22 heavy (non-hydrogen) atoms. The highest BCUT2D eigenvalue weighted by molar-refractivity contribution is 5.39. The molecule has 0 saturated heterocycles. The number of hydrogen-bond acceptors (Lipinski definition) is 5. The standard InChI is InChI=1S/C16H18N6/c1-12(2)15-17-9-6-14(21-15)19-11-13-5-3-7-18-16(13)22-10-4-8-20-22/h3-10,12H,11H2,1-2H3,(H,17,19,21). The molecule has 0 amide bonds. The van der Waals surface area contributed by atoms with Crippen molar-refractivity contribution in [1.82, 2.24) is 24.7 Å². The van der Waals surface area contributed by atoms with Crippen LogP contribution in [0.2, 0.25) is 0 Å². The molecular formula is C16H18N6. The summed E-state index contributed by atoms with van der Waals surface area (Å²) in [5.41, 5.74) is 1.05. The summed E-state index contributed by atoms with van der Waals surface area (Å²) in [6.07, 6.45) is 7.17. The van der Waals surface area contributed by atoms with Crippen LogP contribution >= 0.6 is 0 Å². The molecule has 1 N–H and O–H groups in total. The summed E-state index contributed by atoms with van der Waals surface area (Å²) in [5, 5.41) is 7.57. The molecule has 0 aliphatic rings. The summed E-state index contributed by atoms with van der Waals surface area (Å²) in [7, 11) is 0. The van der Waals surface area contributed by atoms with E-state index in [-0.39, 0.29) is 0 Å². The van der Waals surface area contributed by atoms with Crippen LogP contribution in [0.15, 0.2) is 49.1 Å². The Morgan fingerprint density at radius 1 is 1.09 bits per heavy atom. The molecule has 0 bridgehead atoms. The number of rotatable bonds is 5. The lowest BCUT2D eigenvalue weighted by Gasteiger charge is -2.11. The Morgan fingerprint density at radius 3 is 2.77 bits per heavy atom. The smallest absolute Gasteiger partial charge is 0.158 e. The molecule has 0 unspecified atom stereocenters. The van der Waals surface area contributed by atoms with Crippen molar-refractivity contribution in [3.05, 3.63) is 60.4 Å². The first-order valence-electron chi connectivity index (χ1n) is 7.25. The van der Waals surface area contributed by atoms with Crippen molar-refractivity contribution < 1.29 is 0 Å². The highest BCUT2D eigenvalue weighted by Gasteiger charge is 2.07. The number of anilines is 1. The second-order valence-electron chi connectivity index (χ2n) is 5.25. The lowest BCUT2D eigenvalue weighted by atomic mass is 10.2. The van der Waals surface area contributed by atoms with Crippen molar-refractivity contribution in [1.29, 1.82) is 0 Å². The minimum absolute atomic E-state index is 0.305. The predicted octanol–water partition coefficient (Wildman–Crippen LogP) is 2.79. The molecule has 3 rings (SSSR count). The Kier molecular flexibility index (Phi) is 4.09. The number of pyridine rings is 1. The summed E-state index contributed by atoms with van der Waals surface area (Å²) < 4.78 is 1.76. The van der Waals surface area contributed by atoms with Crippen LogP contribution in [0.5, 0.6) is 0 Å². The summed E-state index contributed by atoms with van der Waals surface area (Å²) in [6, 6.07) is 7.70. The lowest BCUT2D eigenvalue weighted by Crippen LogP contribution is -2.09. The average molecular weight is 294 g/mol. The Bertz CT molecular complexity index is 736. The molecule has 0 spiro atoms. The molecule has 0 fully saturated rings. The first kappa shape index (κ1) is 14.2. The van der Waals surface area contributed by atoms with Gasteiger partial charge in [0.25, 0.3) is 0 Å². The van der Waals surface area contributed by atoms with Gasteiger partial charge in [0.2, 0.25) is 0 Å². The third-order valence-electron chi connectivity index (χ3n) is 3.24. The van der Waals surface area contributed by atoms with Gasteiger partial charge in [0.15, 0.2) is 5.82 Å². The zero-order chi connectivity index (χ0) is 15.4. The van der Waals surface area contributed by atoms with Gasteiger partial charge in [0, 0.05) is 42.8 Å². The molecule has 3 heterocycles. The highest BCUT2D eigenvalue weighted by Crippen LogP contribution is 2.14. The van der Waals surface area contributed by atoms with Crippen LogP contribution in [0.1, 0.15) is 31.2 Å². The number of nitrogens with zero attached hydrogens (tertiary/aromatic N) is 5. The van der Waals surface area contributed by atoms with Gasteiger partial charge in [-0.05, 0) is 18.2 Å². The fraction of sp³-hybridized carbons (Fsp3) is 0.250. The monoisotopic (exact) mass is 294 g/mol. The minimum atomic E-state index is 0.305. The quantitative estimate of drug-likeness (QED) is 0.783. The molecule has 0 aromatic carbocycles. The first-order chi connectivity index (χ1) is 10.7. The molecule has 6 nitrogen and oxygen atoms in total. The molecule has 0 aliphatic heterocycles. The van der Waals surface area contributed by atoms with Crippen LogP contribution in [-0.4, -0.2) is 24.7 Å². The minimum Gasteiger partial charge on any atom is -0.366 e.